The van der Waals surface area contributed by atoms with Crippen molar-refractivity contribution in [1.82, 2.24) is 9.88 Å². The van der Waals surface area contributed by atoms with E-state index < -0.39 is 0 Å². The highest BCUT2D eigenvalue weighted by molar-refractivity contribution is 7.81. The van der Waals surface area contributed by atoms with Crippen LogP contribution in [0.4, 0.5) is 0 Å². The number of nitrogens with zero attached hydrogens (tertiary/aromatic N) is 2. The molecule has 0 aromatic carbocycles. The fourth-order valence-corrected chi connectivity index (χ4v) is 2.98. The predicted molar refractivity (Wildman–Crippen MR) is 64.4 cm³/mol. The normalized spacial score (nSPS) is 23.5. The summed E-state index contributed by atoms with van der Waals surface area (Å²) in [6.45, 7) is 4.74. The summed E-state index contributed by atoms with van der Waals surface area (Å²) in [4.78, 5) is 17.9. The fourth-order valence-electron chi connectivity index (χ4n) is 1.78. The lowest BCUT2D eigenvalue weighted by molar-refractivity contribution is -0.129. The van der Waals surface area contributed by atoms with Crippen molar-refractivity contribution < 1.29 is 4.79 Å². The first-order chi connectivity index (χ1) is 7.08. The first kappa shape index (κ1) is 11.0. The quantitative estimate of drug-likeness (QED) is 0.805. The summed E-state index contributed by atoms with van der Waals surface area (Å²) in [6, 6.07) is 0.0911. The zero-order valence-corrected chi connectivity index (χ0v) is 10.5. The van der Waals surface area contributed by atoms with Crippen LogP contribution in [0.5, 0.6) is 0 Å². The minimum Gasteiger partial charge on any atom is -0.332 e. The Hall–Kier alpha value is -0.550. The molecular weight excluding hydrogens is 228 g/mol. The van der Waals surface area contributed by atoms with E-state index in [1.807, 2.05) is 24.1 Å². The molecule has 3 nitrogen and oxygen atoms in total. The molecule has 1 aliphatic rings. The van der Waals surface area contributed by atoms with E-state index in [2.05, 4.69) is 17.6 Å². The SMILES string of the molecule is Cc1csc(C(C)N2CC(S)CC2=O)n1. The van der Waals surface area contributed by atoms with Crippen molar-refractivity contribution in [2.75, 3.05) is 6.54 Å². The van der Waals surface area contributed by atoms with E-state index in [1.165, 1.54) is 0 Å². The van der Waals surface area contributed by atoms with Crippen molar-refractivity contribution in [1.29, 1.82) is 0 Å². The van der Waals surface area contributed by atoms with Crippen LogP contribution in [0.3, 0.4) is 0 Å². The molecule has 82 valence electrons. The fraction of sp³-hybridized carbons (Fsp3) is 0.600. The number of rotatable bonds is 2. The van der Waals surface area contributed by atoms with E-state index in [0.29, 0.717) is 6.42 Å². The number of thiol groups is 1. The van der Waals surface area contributed by atoms with Crippen molar-refractivity contribution >= 4 is 29.9 Å². The average molecular weight is 242 g/mol. The molecule has 5 heteroatoms. The van der Waals surface area contributed by atoms with Crippen LogP contribution in [0.2, 0.25) is 0 Å². The maximum atomic E-state index is 11.7. The second-order valence-electron chi connectivity index (χ2n) is 3.91. The molecule has 15 heavy (non-hydrogen) atoms. The summed E-state index contributed by atoms with van der Waals surface area (Å²) in [5.41, 5.74) is 1.02. The molecule has 0 N–H and O–H groups in total. The molecule has 0 spiro atoms. The first-order valence-corrected chi connectivity index (χ1v) is 6.37. The second kappa shape index (κ2) is 4.14. The molecule has 2 heterocycles. The Kier molecular flexibility index (Phi) is 3.02. The van der Waals surface area contributed by atoms with E-state index in [4.69, 9.17) is 0 Å². The molecule has 0 saturated carbocycles. The van der Waals surface area contributed by atoms with Gasteiger partial charge in [-0.2, -0.15) is 12.6 Å². The van der Waals surface area contributed by atoms with Crippen molar-refractivity contribution in [2.24, 2.45) is 0 Å². The number of likely N-dealkylation sites (tertiary alicyclic amines) is 1. The molecule has 1 aromatic rings. The van der Waals surface area contributed by atoms with Gasteiger partial charge in [-0.1, -0.05) is 0 Å². The minimum absolute atomic E-state index is 0.0911. The Balaban J connectivity index is 2.14. The molecule has 2 unspecified atom stereocenters. The van der Waals surface area contributed by atoms with Gasteiger partial charge in [0, 0.05) is 29.3 Å². The highest BCUT2D eigenvalue weighted by Crippen LogP contribution is 2.29. The maximum absolute atomic E-state index is 11.7. The number of carbonyl (C=O) groups excluding carboxylic acids is 1. The van der Waals surface area contributed by atoms with Gasteiger partial charge in [0.15, 0.2) is 0 Å². The summed E-state index contributed by atoms with van der Waals surface area (Å²) >= 11 is 5.96. The summed E-state index contributed by atoms with van der Waals surface area (Å²) in [5, 5.41) is 3.22. The smallest absolute Gasteiger partial charge is 0.224 e. The molecule has 2 rings (SSSR count). The molecule has 0 radical (unpaired) electrons. The van der Waals surface area contributed by atoms with Crippen LogP contribution >= 0.6 is 24.0 Å². The van der Waals surface area contributed by atoms with Crippen LogP contribution in [-0.4, -0.2) is 27.6 Å². The van der Waals surface area contributed by atoms with Gasteiger partial charge in [-0.05, 0) is 13.8 Å². The lowest BCUT2D eigenvalue weighted by Gasteiger charge is -2.22. The van der Waals surface area contributed by atoms with Crippen LogP contribution in [-0.2, 0) is 4.79 Å². The molecule has 1 saturated heterocycles. The molecule has 1 aromatic heterocycles. The van der Waals surface area contributed by atoms with Crippen LogP contribution in [0.1, 0.15) is 30.1 Å². The predicted octanol–water partition coefficient (Wildman–Crippen LogP) is 2.04. The Morgan fingerprint density at radius 2 is 2.47 bits per heavy atom. The molecular formula is C10H14N2OS2. The van der Waals surface area contributed by atoms with E-state index in [-0.39, 0.29) is 17.2 Å². The van der Waals surface area contributed by atoms with E-state index in [1.54, 1.807) is 11.3 Å². The Labute approximate surface area is 98.9 Å². The third-order valence-electron chi connectivity index (χ3n) is 2.60. The summed E-state index contributed by atoms with van der Waals surface area (Å²) in [7, 11) is 0. The van der Waals surface area contributed by atoms with E-state index in [0.717, 1.165) is 17.2 Å². The van der Waals surface area contributed by atoms with Gasteiger partial charge in [-0.15, -0.1) is 11.3 Å². The standard InChI is InChI=1S/C10H14N2OS2/c1-6-5-15-10(11-6)7(2)12-4-8(14)3-9(12)13/h5,7-8,14H,3-4H2,1-2H3. The van der Waals surface area contributed by atoms with Crippen molar-refractivity contribution in [3.05, 3.63) is 16.1 Å². The average Bonchev–Trinajstić information content (AvgIpc) is 2.71. The number of aromatic nitrogens is 1. The first-order valence-electron chi connectivity index (χ1n) is 4.97. The molecule has 1 aliphatic heterocycles. The lowest BCUT2D eigenvalue weighted by Crippen LogP contribution is -2.28. The topological polar surface area (TPSA) is 33.2 Å². The molecule has 0 bridgehead atoms. The third kappa shape index (κ3) is 2.18. The monoisotopic (exact) mass is 242 g/mol. The van der Waals surface area contributed by atoms with Crippen molar-refractivity contribution in [3.63, 3.8) is 0 Å². The number of hydrogen-bond acceptors (Lipinski definition) is 4. The number of hydrogen-bond donors (Lipinski definition) is 1. The van der Waals surface area contributed by atoms with Gasteiger partial charge in [0.25, 0.3) is 0 Å². The summed E-state index contributed by atoms with van der Waals surface area (Å²) in [5.74, 6) is 0.190. The highest BCUT2D eigenvalue weighted by Gasteiger charge is 2.32. The van der Waals surface area contributed by atoms with Crippen LogP contribution in [0.25, 0.3) is 0 Å². The van der Waals surface area contributed by atoms with Crippen molar-refractivity contribution in [2.45, 2.75) is 31.6 Å². The number of thiazole rings is 1. The lowest BCUT2D eigenvalue weighted by atomic mass is 10.3. The molecule has 1 amide bonds. The van der Waals surface area contributed by atoms with Crippen molar-refractivity contribution in [3.8, 4) is 0 Å². The minimum atomic E-state index is 0.0911. The van der Waals surface area contributed by atoms with Gasteiger partial charge in [-0.3, -0.25) is 4.79 Å². The highest BCUT2D eigenvalue weighted by atomic mass is 32.1. The number of aryl methyl sites for hydroxylation is 1. The van der Waals surface area contributed by atoms with Gasteiger partial charge in [0.1, 0.15) is 5.01 Å². The van der Waals surface area contributed by atoms with Gasteiger partial charge >= 0.3 is 0 Å². The Bertz CT molecular complexity index is 377. The van der Waals surface area contributed by atoms with E-state index >= 15 is 0 Å². The number of amides is 1. The Morgan fingerprint density at radius 3 is 2.93 bits per heavy atom. The maximum Gasteiger partial charge on any atom is 0.224 e. The zero-order valence-electron chi connectivity index (χ0n) is 8.80. The molecule has 0 aliphatic carbocycles. The van der Waals surface area contributed by atoms with Crippen LogP contribution < -0.4 is 0 Å². The van der Waals surface area contributed by atoms with Crippen LogP contribution in [0.15, 0.2) is 5.38 Å². The van der Waals surface area contributed by atoms with E-state index in [9.17, 15) is 4.79 Å². The largest absolute Gasteiger partial charge is 0.332 e. The van der Waals surface area contributed by atoms with Gasteiger partial charge in [-0.25, -0.2) is 4.98 Å². The second-order valence-corrected chi connectivity index (χ2v) is 5.53. The summed E-state index contributed by atoms with van der Waals surface area (Å²) < 4.78 is 0. The zero-order chi connectivity index (χ0) is 11.0. The molecule has 2 atom stereocenters. The van der Waals surface area contributed by atoms with Gasteiger partial charge in [0.05, 0.1) is 6.04 Å². The number of carbonyl (C=O) groups is 1. The van der Waals surface area contributed by atoms with Crippen LogP contribution in [0, 0.1) is 6.92 Å². The van der Waals surface area contributed by atoms with Gasteiger partial charge in [0.2, 0.25) is 5.91 Å². The van der Waals surface area contributed by atoms with Gasteiger partial charge < -0.3 is 4.90 Å². The third-order valence-corrected chi connectivity index (χ3v) is 4.08. The summed E-state index contributed by atoms with van der Waals surface area (Å²) in [6.07, 6.45) is 0.553. The molecule has 1 fully saturated rings. The Morgan fingerprint density at radius 1 is 1.73 bits per heavy atom.